The first-order valence-electron chi connectivity index (χ1n) is 8.62. The summed E-state index contributed by atoms with van der Waals surface area (Å²) in [6.45, 7) is 4.85. The Morgan fingerprint density at radius 2 is 2.04 bits per heavy atom. The first-order valence-corrected chi connectivity index (χ1v) is 9.43. The van der Waals surface area contributed by atoms with E-state index in [-0.39, 0.29) is 23.7 Å². The molecule has 0 saturated carbocycles. The molecule has 1 aliphatic rings. The highest BCUT2D eigenvalue weighted by Crippen LogP contribution is 2.28. The van der Waals surface area contributed by atoms with Gasteiger partial charge in [0.05, 0.1) is 22.4 Å². The summed E-state index contributed by atoms with van der Waals surface area (Å²) >= 11 is 1.33. The number of rotatable bonds is 4. The van der Waals surface area contributed by atoms with Crippen LogP contribution in [0, 0.1) is 5.92 Å². The third kappa shape index (κ3) is 4.01. The van der Waals surface area contributed by atoms with E-state index in [0.29, 0.717) is 43.2 Å². The fraction of sp³-hybridized carbons (Fsp3) is 0.444. The molecule has 1 N–H and O–H groups in total. The van der Waals surface area contributed by atoms with Gasteiger partial charge in [-0.15, -0.1) is 0 Å². The minimum absolute atomic E-state index is 0.0486. The summed E-state index contributed by atoms with van der Waals surface area (Å²) in [5, 5.41) is 3.38. The van der Waals surface area contributed by atoms with Crippen molar-refractivity contribution in [1.29, 1.82) is 0 Å². The second kappa shape index (κ2) is 7.82. The molecule has 2 heterocycles. The molecule has 0 unspecified atom stereocenters. The molecular formula is C18H21N3O4S. The summed E-state index contributed by atoms with van der Waals surface area (Å²) in [6, 6.07) is 5.15. The molecule has 0 aliphatic carbocycles. The Morgan fingerprint density at radius 3 is 2.69 bits per heavy atom. The molecule has 8 heteroatoms. The van der Waals surface area contributed by atoms with Gasteiger partial charge in [0.25, 0.3) is 0 Å². The lowest BCUT2D eigenvalue weighted by molar-refractivity contribution is -0.132. The number of carbonyl (C=O) groups is 3. The number of nitrogens with one attached hydrogen (secondary N) is 1. The van der Waals surface area contributed by atoms with Gasteiger partial charge in [-0.1, -0.05) is 11.3 Å². The molecule has 3 rings (SSSR count). The number of esters is 1. The summed E-state index contributed by atoms with van der Waals surface area (Å²) in [5.74, 6) is -0.511. The molecule has 0 spiro atoms. The second-order valence-electron chi connectivity index (χ2n) is 6.19. The quantitative estimate of drug-likeness (QED) is 0.830. The van der Waals surface area contributed by atoms with Crippen molar-refractivity contribution in [1.82, 2.24) is 9.88 Å². The molecule has 2 aromatic rings. The highest BCUT2D eigenvalue weighted by Gasteiger charge is 2.26. The van der Waals surface area contributed by atoms with E-state index in [1.165, 1.54) is 11.3 Å². The van der Waals surface area contributed by atoms with Crippen LogP contribution in [0.4, 0.5) is 5.13 Å². The maximum Gasteiger partial charge on any atom is 0.338 e. The lowest BCUT2D eigenvalue weighted by Crippen LogP contribution is -2.40. The van der Waals surface area contributed by atoms with Crippen LogP contribution in [0.5, 0.6) is 0 Å². The van der Waals surface area contributed by atoms with Crippen molar-refractivity contribution in [2.45, 2.75) is 26.7 Å². The molecule has 1 saturated heterocycles. The number of nitrogens with zero attached hydrogens (tertiary/aromatic N) is 2. The Hall–Kier alpha value is -2.48. The average Bonchev–Trinajstić information content (AvgIpc) is 3.03. The van der Waals surface area contributed by atoms with E-state index in [2.05, 4.69) is 10.3 Å². The minimum atomic E-state index is -0.370. The zero-order chi connectivity index (χ0) is 18.7. The second-order valence-corrected chi connectivity index (χ2v) is 7.22. The number of likely N-dealkylation sites (tertiary alicyclic amines) is 1. The van der Waals surface area contributed by atoms with E-state index >= 15 is 0 Å². The number of hydrogen-bond acceptors (Lipinski definition) is 6. The number of hydrogen-bond donors (Lipinski definition) is 1. The van der Waals surface area contributed by atoms with Gasteiger partial charge in [-0.3, -0.25) is 9.59 Å². The van der Waals surface area contributed by atoms with Gasteiger partial charge in [0.15, 0.2) is 5.13 Å². The molecule has 7 nitrogen and oxygen atoms in total. The van der Waals surface area contributed by atoms with Gasteiger partial charge in [-0.2, -0.15) is 0 Å². The monoisotopic (exact) mass is 375 g/mol. The van der Waals surface area contributed by atoms with Gasteiger partial charge in [0, 0.05) is 25.9 Å². The Balaban J connectivity index is 1.66. The lowest BCUT2D eigenvalue weighted by Gasteiger charge is -2.30. The largest absolute Gasteiger partial charge is 0.462 e. The number of amides is 2. The van der Waals surface area contributed by atoms with Crippen LogP contribution in [0.3, 0.4) is 0 Å². The Labute approximate surface area is 155 Å². The van der Waals surface area contributed by atoms with Crippen molar-refractivity contribution in [3.05, 3.63) is 23.8 Å². The van der Waals surface area contributed by atoms with Crippen molar-refractivity contribution in [3.8, 4) is 0 Å². The van der Waals surface area contributed by atoms with Crippen molar-refractivity contribution in [3.63, 3.8) is 0 Å². The highest BCUT2D eigenvalue weighted by atomic mass is 32.1. The lowest BCUT2D eigenvalue weighted by atomic mass is 9.96. The predicted octanol–water partition coefficient (Wildman–Crippen LogP) is 2.67. The van der Waals surface area contributed by atoms with Gasteiger partial charge in [-0.25, -0.2) is 9.78 Å². The van der Waals surface area contributed by atoms with Gasteiger partial charge in [0.2, 0.25) is 11.8 Å². The van der Waals surface area contributed by atoms with Crippen LogP contribution in [-0.2, 0) is 14.3 Å². The van der Waals surface area contributed by atoms with Gasteiger partial charge in [-0.05, 0) is 38.0 Å². The zero-order valence-electron chi connectivity index (χ0n) is 14.8. The number of thiazole rings is 1. The SMILES string of the molecule is CCOC(=O)c1ccc2nc(NC(=O)C3CCN(C(C)=O)CC3)sc2c1. The average molecular weight is 375 g/mol. The first-order chi connectivity index (χ1) is 12.5. The molecular weight excluding hydrogens is 354 g/mol. The third-order valence-electron chi connectivity index (χ3n) is 4.44. The van der Waals surface area contributed by atoms with Gasteiger partial charge >= 0.3 is 5.97 Å². The number of carbonyl (C=O) groups excluding carboxylic acids is 3. The number of benzene rings is 1. The standard InChI is InChI=1S/C18H21N3O4S/c1-3-25-17(24)13-4-5-14-15(10-13)26-18(19-14)20-16(23)12-6-8-21(9-7-12)11(2)22/h4-5,10,12H,3,6-9H2,1-2H3,(H,19,20,23). The molecule has 2 amide bonds. The maximum absolute atomic E-state index is 12.5. The number of ether oxygens (including phenoxy) is 1. The zero-order valence-corrected chi connectivity index (χ0v) is 15.6. The number of aromatic nitrogens is 1. The molecule has 138 valence electrons. The van der Waals surface area contributed by atoms with Crippen LogP contribution in [-0.4, -0.2) is 47.4 Å². The topological polar surface area (TPSA) is 88.6 Å². The number of piperidine rings is 1. The summed E-state index contributed by atoms with van der Waals surface area (Å²) < 4.78 is 5.82. The van der Waals surface area contributed by atoms with E-state index in [0.717, 1.165) is 10.2 Å². The fourth-order valence-corrected chi connectivity index (χ4v) is 3.89. The van der Waals surface area contributed by atoms with Crippen molar-refractivity contribution in [2.24, 2.45) is 5.92 Å². The summed E-state index contributed by atoms with van der Waals surface area (Å²) in [6.07, 6.45) is 1.31. The highest BCUT2D eigenvalue weighted by molar-refractivity contribution is 7.22. The molecule has 1 aliphatic heterocycles. The smallest absolute Gasteiger partial charge is 0.338 e. The number of fused-ring (bicyclic) bond motifs is 1. The summed E-state index contributed by atoms with van der Waals surface area (Å²) in [7, 11) is 0. The van der Waals surface area contributed by atoms with E-state index in [9.17, 15) is 14.4 Å². The van der Waals surface area contributed by atoms with Crippen molar-refractivity contribution in [2.75, 3.05) is 25.0 Å². The molecule has 1 fully saturated rings. The third-order valence-corrected chi connectivity index (χ3v) is 5.37. The molecule has 1 aromatic carbocycles. The number of anilines is 1. The van der Waals surface area contributed by atoms with Crippen molar-refractivity contribution >= 4 is 44.5 Å². The van der Waals surface area contributed by atoms with Crippen LogP contribution < -0.4 is 5.32 Å². The maximum atomic E-state index is 12.5. The van der Waals surface area contributed by atoms with E-state index in [1.807, 2.05) is 0 Å². The Bertz CT molecular complexity index is 840. The predicted molar refractivity (Wildman–Crippen MR) is 99.2 cm³/mol. The van der Waals surface area contributed by atoms with Gasteiger partial charge in [0.1, 0.15) is 0 Å². The van der Waals surface area contributed by atoms with Gasteiger partial charge < -0.3 is 15.0 Å². The Kier molecular flexibility index (Phi) is 5.51. The van der Waals surface area contributed by atoms with E-state index in [4.69, 9.17) is 4.74 Å². The molecule has 0 radical (unpaired) electrons. The van der Waals surface area contributed by atoms with Crippen LogP contribution in [0.15, 0.2) is 18.2 Å². The fourth-order valence-electron chi connectivity index (χ4n) is 2.98. The van der Waals surface area contributed by atoms with Crippen LogP contribution in [0.2, 0.25) is 0 Å². The molecule has 0 atom stereocenters. The summed E-state index contributed by atoms with van der Waals surface area (Å²) in [4.78, 5) is 41.8. The van der Waals surface area contributed by atoms with E-state index < -0.39 is 0 Å². The van der Waals surface area contributed by atoms with Crippen LogP contribution in [0.25, 0.3) is 10.2 Å². The van der Waals surface area contributed by atoms with E-state index in [1.54, 1.807) is 36.9 Å². The molecule has 26 heavy (non-hydrogen) atoms. The molecule has 0 bridgehead atoms. The van der Waals surface area contributed by atoms with Crippen LogP contribution >= 0.6 is 11.3 Å². The minimum Gasteiger partial charge on any atom is -0.462 e. The molecule has 1 aromatic heterocycles. The Morgan fingerprint density at radius 1 is 1.31 bits per heavy atom. The van der Waals surface area contributed by atoms with Crippen molar-refractivity contribution < 1.29 is 19.1 Å². The summed E-state index contributed by atoms with van der Waals surface area (Å²) in [5.41, 5.74) is 1.20. The first kappa shape index (κ1) is 18.3. The van der Waals surface area contributed by atoms with Crippen LogP contribution in [0.1, 0.15) is 37.0 Å². The normalized spacial score (nSPS) is 15.1.